The lowest BCUT2D eigenvalue weighted by atomic mass is 10.1. The van der Waals surface area contributed by atoms with E-state index in [1.54, 1.807) is 0 Å². The van der Waals surface area contributed by atoms with Crippen LogP contribution in [-0.4, -0.2) is 26.2 Å². The average Bonchev–Trinajstić information content (AvgIpc) is 2.26. The third-order valence-electron chi connectivity index (χ3n) is 2.61. The Morgan fingerprint density at radius 3 is 1.87 bits per heavy atom. The first-order valence-corrected chi connectivity index (χ1v) is 5.65. The van der Waals surface area contributed by atoms with Gasteiger partial charge in [-0.3, -0.25) is 0 Å². The minimum Gasteiger partial charge on any atom is -0.314 e. The van der Waals surface area contributed by atoms with Crippen molar-refractivity contribution in [2.75, 3.05) is 26.2 Å². The summed E-state index contributed by atoms with van der Waals surface area (Å²) in [5.41, 5.74) is 2.74. The molecule has 2 rings (SSSR count). The minimum atomic E-state index is 0.968. The van der Waals surface area contributed by atoms with Crippen LogP contribution in [0.15, 0.2) is 24.3 Å². The number of hydrogen-bond acceptors (Lipinski definition) is 3. The van der Waals surface area contributed by atoms with E-state index in [9.17, 15) is 0 Å². The van der Waals surface area contributed by atoms with E-state index in [0.29, 0.717) is 0 Å². The van der Waals surface area contributed by atoms with Gasteiger partial charge in [-0.25, -0.2) is 0 Å². The predicted octanol–water partition coefficient (Wildman–Crippen LogP) is 0.469. The normalized spacial score (nSPS) is 18.9. The molecule has 0 spiro atoms. The lowest BCUT2D eigenvalue weighted by Gasteiger charge is -2.11. The van der Waals surface area contributed by atoms with Crippen molar-refractivity contribution in [3.05, 3.63) is 35.4 Å². The van der Waals surface area contributed by atoms with Gasteiger partial charge in [0.2, 0.25) is 0 Å². The van der Waals surface area contributed by atoms with Gasteiger partial charge in [-0.2, -0.15) is 0 Å². The van der Waals surface area contributed by atoms with Crippen LogP contribution >= 0.6 is 0 Å². The van der Waals surface area contributed by atoms with E-state index >= 15 is 0 Å². The summed E-state index contributed by atoms with van der Waals surface area (Å²) < 4.78 is 0. The molecule has 0 aromatic heterocycles. The zero-order valence-corrected chi connectivity index (χ0v) is 9.05. The lowest BCUT2D eigenvalue weighted by molar-refractivity contribution is 0.576. The number of fused-ring (bicyclic) bond motifs is 2. The molecule has 15 heavy (non-hydrogen) atoms. The molecule has 3 N–H and O–H groups in total. The molecule has 1 aromatic rings. The Hall–Kier alpha value is -0.900. The third-order valence-corrected chi connectivity index (χ3v) is 2.61. The van der Waals surface area contributed by atoms with Crippen LogP contribution in [0.25, 0.3) is 0 Å². The van der Waals surface area contributed by atoms with Gasteiger partial charge in [-0.15, -0.1) is 0 Å². The molecule has 3 heteroatoms. The van der Waals surface area contributed by atoms with Crippen LogP contribution in [0.3, 0.4) is 0 Å². The highest BCUT2D eigenvalue weighted by Crippen LogP contribution is 2.04. The number of hydrogen-bond donors (Lipinski definition) is 3. The highest BCUT2D eigenvalue weighted by molar-refractivity contribution is 5.23. The number of rotatable bonds is 0. The van der Waals surface area contributed by atoms with Crippen molar-refractivity contribution in [1.29, 1.82) is 0 Å². The van der Waals surface area contributed by atoms with Crippen molar-refractivity contribution < 1.29 is 0 Å². The molecular weight excluding hydrogens is 186 g/mol. The van der Waals surface area contributed by atoms with Gasteiger partial charge in [0.1, 0.15) is 0 Å². The van der Waals surface area contributed by atoms with Gasteiger partial charge in [0.25, 0.3) is 0 Å². The van der Waals surface area contributed by atoms with Crippen molar-refractivity contribution in [2.24, 2.45) is 0 Å². The van der Waals surface area contributed by atoms with Gasteiger partial charge in [0.15, 0.2) is 0 Å². The molecule has 0 unspecified atom stereocenters. The van der Waals surface area contributed by atoms with Crippen LogP contribution in [-0.2, 0) is 13.1 Å². The average molecular weight is 205 g/mol. The third kappa shape index (κ3) is 3.63. The molecule has 82 valence electrons. The van der Waals surface area contributed by atoms with Crippen molar-refractivity contribution in [3.63, 3.8) is 0 Å². The molecular formula is C12H19N3. The summed E-state index contributed by atoms with van der Waals surface area (Å²) in [6.07, 6.45) is 0. The largest absolute Gasteiger partial charge is 0.314 e. The van der Waals surface area contributed by atoms with Crippen LogP contribution < -0.4 is 16.0 Å². The Bertz CT molecular complexity index is 273. The van der Waals surface area contributed by atoms with Gasteiger partial charge in [-0.1, -0.05) is 24.3 Å². The summed E-state index contributed by atoms with van der Waals surface area (Å²) >= 11 is 0. The lowest BCUT2D eigenvalue weighted by Crippen LogP contribution is -2.32. The Kier molecular flexibility index (Phi) is 4.14. The highest BCUT2D eigenvalue weighted by atomic mass is 15.0. The molecule has 0 saturated heterocycles. The molecule has 3 nitrogen and oxygen atoms in total. The van der Waals surface area contributed by atoms with Gasteiger partial charge in [0.05, 0.1) is 0 Å². The summed E-state index contributed by atoms with van der Waals surface area (Å²) in [6.45, 7) is 6.09. The Morgan fingerprint density at radius 2 is 1.27 bits per heavy atom. The first-order valence-electron chi connectivity index (χ1n) is 5.65. The molecule has 0 saturated carbocycles. The summed E-state index contributed by atoms with van der Waals surface area (Å²) in [5, 5.41) is 10.2. The second-order valence-electron chi connectivity index (χ2n) is 3.92. The second-order valence-corrected chi connectivity index (χ2v) is 3.92. The summed E-state index contributed by atoms with van der Waals surface area (Å²) in [6, 6.07) is 8.76. The van der Waals surface area contributed by atoms with Gasteiger partial charge in [-0.05, 0) is 11.1 Å². The summed E-state index contributed by atoms with van der Waals surface area (Å²) in [5.74, 6) is 0. The van der Waals surface area contributed by atoms with Crippen LogP contribution in [0.4, 0.5) is 0 Å². The molecule has 0 aliphatic carbocycles. The van der Waals surface area contributed by atoms with E-state index in [0.717, 1.165) is 39.3 Å². The van der Waals surface area contributed by atoms with E-state index in [1.165, 1.54) is 11.1 Å². The van der Waals surface area contributed by atoms with Crippen molar-refractivity contribution >= 4 is 0 Å². The van der Waals surface area contributed by atoms with E-state index in [-0.39, 0.29) is 0 Å². The number of nitrogens with one attached hydrogen (secondary N) is 3. The van der Waals surface area contributed by atoms with E-state index in [1.807, 2.05) is 0 Å². The topological polar surface area (TPSA) is 36.1 Å². The maximum atomic E-state index is 3.43. The molecule has 1 heterocycles. The number of benzene rings is 1. The summed E-state index contributed by atoms with van der Waals surface area (Å²) in [7, 11) is 0. The zero-order valence-electron chi connectivity index (χ0n) is 9.05. The first kappa shape index (κ1) is 10.6. The van der Waals surface area contributed by atoms with Crippen LogP contribution in [0.1, 0.15) is 11.1 Å². The molecule has 0 atom stereocenters. The predicted molar refractivity (Wildman–Crippen MR) is 62.7 cm³/mol. The standard InChI is InChI=1S/C12H19N3/c1-2-11-8-12(3-1)10-15-7-5-13-4-6-14-9-11/h1-3,8,13-15H,4-7,9-10H2. The molecule has 0 amide bonds. The van der Waals surface area contributed by atoms with Gasteiger partial charge >= 0.3 is 0 Å². The quantitative estimate of drug-likeness (QED) is 0.576. The molecule has 2 bridgehead atoms. The minimum absolute atomic E-state index is 0.968. The smallest absolute Gasteiger partial charge is 0.0206 e. The molecule has 1 aromatic carbocycles. The SMILES string of the molecule is c1cc2cc(c1)CNCCNCCNC2. The molecule has 1 aliphatic rings. The van der Waals surface area contributed by atoms with Crippen molar-refractivity contribution in [2.45, 2.75) is 13.1 Å². The van der Waals surface area contributed by atoms with E-state index < -0.39 is 0 Å². The Morgan fingerprint density at radius 1 is 0.733 bits per heavy atom. The Labute approximate surface area is 91.3 Å². The van der Waals surface area contributed by atoms with E-state index in [4.69, 9.17) is 0 Å². The first-order chi connectivity index (χ1) is 7.45. The van der Waals surface area contributed by atoms with Crippen LogP contribution in [0.2, 0.25) is 0 Å². The Balaban J connectivity index is 2.00. The van der Waals surface area contributed by atoms with Crippen molar-refractivity contribution in [1.82, 2.24) is 16.0 Å². The summed E-state index contributed by atoms with van der Waals surface area (Å²) in [4.78, 5) is 0. The maximum absolute atomic E-state index is 3.43. The fourth-order valence-electron chi connectivity index (χ4n) is 1.79. The molecule has 0 fully saturated rings. The highest BCUT2D eigenvalue weighted by Gasteiger charge is 1.98. The molecule has 1 aliphatic heterocycles. The van der Waals surface area contributed by atoms with E-state index in [2.05, 4.69) is 40.2 Å². The van der Waals surface area contributed by atoms with Gasteiger partial charge in [0, 0.05) is 39.3 Å². The monoisotopic (exact) mass is 205 g/mol. The zero-order chi connectivity index (χ0) is 10.3. The van der Waals surface area contributed by atoms with Crippen LogP contribution in [0.5, 0.6) is 0 Å². The van der Waals surface area contributed by atoms with Crippen LogP contribution in [0, 0.1) is 0 Å². The van der Waals surface area contributed by atoms with Crippen molar-refractivity contribution in [3.8, 4) is 0 Å². The van der Waals surface area contributed by atoms with Gasteiger partial charge < -0.3 is 16.0 Å². The molecule has 0 radical (unpaired) electrons. The maximum Gasteiger partial charge on any atom is 0.0206 e. The fourth-order valence-corrected chi connectivity index (χ4v) is 1.79. The fraction of sp³-hybridized carbons (Fsp3) is 0.500. The second kappa shape index (κ2) is 5.85.